The number of carbonyl (C=O) groups is 1. The van der Waals surface area contributed by atoms with Crippen molar-refractivity contribution < 1.29 is 19.0 Å². The van der Waals surface area contributed by atoms with Gasteiger partial charge in [-0.3, -0.25) is 0 Å². The molecule has 1 N–H and O–H groups in total. The molecule has 0 saturated carbocycles. The molecule has 1 heterocycles. The maximum atomic E-state index is 12.8. The van der Waals surface area contributed by atoms with Crippen LogP contribution in [0.15, 0.2) is 30.0 Å². The second-order valence-electron chi connectivity index (χ2n) is 2.93. The van der Waals surface area contributed by atoms with Gasteiger partial charge < -0.3 is 9.84 Å². The third-order valence-electron chi connectivity index (χ3n) is 1.96. The summed E-state index contributed by atoms with van der Waals surface area (Å²) in [5.41, 5.74) is 0.662. The Morgan fingerprint density at radius 1 is 1.50 bits per heavy atom. The van der Waals surface area contributed by atoms with E-state index in [0.717, 1.165) is 0 Å². The molecule has 0 aliphatic carbocycles. The first kappa shape index (κ1) is 8.74. The van der Waals surface area contributed by atoms with E-state index in [1.807, 2.05) is 0 Å². The Labute approximate surface area is 79.4 Å². The van der Waals surface area contributed by atoms with Crippen molar-refractivity contribution in [3.8, 4) is 5.75 Å². The number of aliphatic carboxylic acids is 1. The molecule has 1 aromatic carbocycles. The summed E-state index contributed by atoms with van der Waals surface area (Å²) in [6.07, 6.45) is 1.80. The highest BCUT2D eigenvalue weighted by molar-refractivity contribution is 5.85. The monoisotopic (exact) mass is 194 g/mol. The molecule has 0 amide bonds. The number of ether oxygens (including phenoxy) is 1. The summed E-state index contributed by atoms with van der Waals surface area (Å²) in [7, 11) is 0. The zero-order valence-corrected chi connectivity index (χ0v) is 7.16. The van der Waals surface area contributed by atoms with Gasteiger partial charge in [0.05, 0.1) is 0 Å². The summed E-state index contributed by atoms with van der Waals surface area (Å²) in [6, 6.07) is 4.01. The number of fused-ring (bicyclic) bond motifs is 1. The predicted molar refractivity (Wildman–Crippen MR) is 46.5 cm³/mol. The van der Waals surface area contributed by atoms with Gasteiger partial charge in [0.25, 0.3) is 0 Å². The maximum Gasteiger partial charge on any atom is 0.371 e. The van der Waals surface area contributed by atoms with E-state index in [0.29, 0.717) is 17.7 Å². The number of benzene rings is 1. The Hall–Kier alpha value is -1.84. The lowest BCUT2D eigenvalue weighted by atomic mass is 10.1. The standard InChI is InChI=1S/C10H7FO3/c11-7-2-4-8-6(5-7)1-3-9(14-8)10(12)13/h2-5H,1H2,(H,12,13). The summed E-state index contributed by atoms with van der Waals surface area (Å²) >= 11 is 0. The second kappa shape index (κ2) is 3.14. The molecular weight excluding hydrogens is 187 g/mol. The Kier molecular flexibility index (Phi) is 1.96. The van der Waals surface area contributed by atoms with Gasteiger partial charge in [-0.05, 0) is 30.7 Å². The summed E-state index contributed by atoms with van der Waals surface area (Å²) in [5, 5.41) is 8.65. The zero-order valence-electron chi connectivity index (χ0n) is 7.16. The van der Waals surface area contributed by atoms with E-state index < -0.39 is 5.97 Å². The van der Waals surface area contributed by atoms with Crippen molar-refractivity contribution in [3.63, 3.8) is 0 Å². The van der Waals surface area contributed by atoms with Crippen LogP contribution in [0.3, 0.4) is 0 Å². The van der Waals surface area contributed by atoms with E-state index in [4.69, 9.17) is 9.84 Å². The SMILES string of the molecule is O=C(O)C1=CCc2cc(F)ccc2O1. The van der Waals surface area contributed by atoms with Gasteiger partial charge in [0, 0.05) is 5.56 Å². The molecule has 0 unspecified atom stereocenters. The Balaban J connectivity index is 2.34. The van der Waals surface area contributed by atoms with E-state index >= 15 is 0 Å². The smallest absolute Gasteiger partial charge is 0.371 e. The minimum Gasteiger partial charge on any atom is -0.475 e. The van der Waals surface area contributed by atoms with Gasteiger partial charge in [-0.15, -0.1) is 0 Å². The van der Waals surface area contributed by atoms with Crippen molar-refractivity contribution in [2.24, 2.45) is 0 Å². The minimum atomic E-state index is -1.11. The van der Waals surface area contributed by atoms with Crippen molar-refractivity contribution in [2.45, 2.75) is 6.42 Å². The lowest BCUT2D eigenvalue weighted by Crippen LogP contribution is -2.12. The van der Waals surface area contributed by atoms with Crippen LogP contribution >= 0.6 is 0 Å². The van der Waals surface area contributed by atoms with Crippen LogP contribution in [-0.2, 0) is 11.2 Å². The summed E-state index contributed by atoms with van der Waals surface area (Å²) in [6.45, 7) is 0. The number of hydrogen-bond acceptors (Lipinski definition) is 2. The molecular formula is C10H7FO3. The van der Waals surface area contributed by atoms with Crippen LogP contribution in [0.25, 0.3) is 0 Å². The van der Waals surface area contributed by atoms with Gasteiger partial charge in [0.2, 0.25) is 5.76 Å². The zero-order chi connectivity index (χ0) is 10.1. The van der Waals surface area contributed by atoms with E-state index in [1.165, 1.54) is 24.3 Å². The molecule has 0 bridgehead atoms. The van der Waals surface area contributed by atoms with Crippen LogP contribution in [0.2, 0.25) is 0 Å². The average molecular weight is 194 g/mol. The van der Waals surface area contributed by atoms with Crippen molar-refractivity contribution in [3.05, 3.63) is 41.4 Å². The Bertz CT molecular complexity index is 423. The van der Waals surface area contributed by atoms with Crippen molar-refractivity contribution in [1.29, 1.82) is 0 Å². The van der Waals surface area contributed by atoms with E-state index in [9.17, 15) is 9.18 Å². The quantitative estimate of drug-likeness (QED) is 0.740. The van der Waals surface area contributed by atoms with Gasteiger partial charge in [0.1, 0.15) is 11.6 Å². The second-order valence-corrected chi connectivity index (χ2v) is 2.93. The highest BCUT2D eigenvalue weighted by atomic mass is 19.1. The summed E-state index contributed by atoms with van der Waals surface area (Å²) < 4.78 is 17.8. The molecule has 0 spiro atoms. The van der Waals surface area contributed by atoms with Crippen LogP contribution in [0.4, 0.5) is 4.39 Å². The number of hydrogen-bond donors (Lipinski definition) is 1. The summed E-state index contributed by atoms with van der Waals surface area (Å²) in [5.74, 6) is -1.16. The molecule has 4 heteroatoms. The maximum absolute atomic E-state index is 12.8. The molecule has 1 aromatic rings. The molecule has 3 nitrogen and oxygen atoms in total. The molecule has 1 aliphatic rings. The van der Waals surface area contributed by atoms with Crippen LogP contribution in [0.5, 0.6) is 5.75 Å². The minimum absolute atomic E-state index is 0.107. The predicted octanol–water partition coefficient (Wildman–Crippen LogP) is 1.73. The van der Waals surface area contributed by atoms with Crippen LogP contribution in [0, 0.1) is 5.82 Å². The van der Waals surface area contributed by atoms with E-state index in [-0.39, 0.29) is 11.6 Å². The van der Waals surface area contributed by atoms with Gasteiger partial charge in [-0.2, -0.15) is 0 Å². The molecule has 0 saturated heterocycles. The lowest BCUT2D eigenvalue weighted by molar-refractivity contribution is -0.135. The molecule has 0 aromatic heterocycles. The highest BCUT2D eigenvalue weighted by Gasteiger charge is 2.17. The van der Waals surface area contributed by atoms with Gasteiger partial charge in [0.15, 0.2) is 0 Å². The molecule has 72 valence electrons. The normalized spacial score (nSPS) is 13.9. The fraction of sp³-hybridized carbons (Fsp3) is 0.100. The van der Waals surface area contributed by atoms with Gasteiger partial charge >= 0.3 is 5.97 Å². The Morgan fingerprint density at radius 3 is 3.00 bits per heavy atom. The fourth-order valence-electron chi connectivity index (χ4n) is 1.30. The molecule has 0 fully saturated rings. The number of carboxylic acid groups (broad SMARTS) is 1. The topological polar surface area (TPSA) is 46.5 Å². The largest absolute Gasteiger partial charge is 0.475 e. The van der Waals surface area contributed by atoms with Crippen LogP contribution in [0.1, 0.15) is 5.56 Å². The highest BCUT2D eigenvalue weighted by Crippen LogP contribution is 2.26. The first-order valence-corrected chi connectivity index (χ1v) is 4.06. The first-order valence-electron chi connectivity index (χ1n) is 4.06. The molecule has 0 radical (unpaired) electrons. The van der Waals surface area contributed by atoms with E-state index in [1.54, 1.807) is 0 Å². The molecule has 1 aliphatic heterocycles. The molecule has 0 atom stereocenters. The number of rotatable bonds is 1. The number of carboxylic acids is 1. The third-order valence-corrected chi connectivity index (χ3v) is 1.96. The van der Waals surface area contributed by atoms with Crippen molar-refractivity contribution in [2.75, 3.05) is 0 Å². The number of allylic oxidation sites excluding steroid dienone is 1. The third kappa shape index (κ3) is 1.46. The van der Waals surface area contributed by atoms with Crippen LogP contribution in [-0.4, -0.2) is 11.1 Å². The molecule has 14 heavy (non-hydrogen) atoms. The fourth-order valence-corrected chi connectivity index (χ4v) is 1.30. The van der Waals surface area contributed by atoms with Crippen molar-refractivity contribution in [1.82, 2.24) is 0 Å². The first-order chi connectivity index (χ1) is 6.66. The van der Waals surface area contributed by atoms with Crippen LogP contribution < -0.4 is 4.74 Å². The lowest BCUT2D eigenvalue weighted by Gasteiger charge is -2.15. The van der Waals surface area contributed by atoms with Gasteiger partial charge in [-0.1, -0.05) is 0 Å². The average Bonchev–Trinajstić information content (AvgIpc) is 2.16. The Morgan fingerprint density at radius 2 is 2.29 bits per heavy atom. The van der Waals surface area contributed by atoms with Gasteiger partial charge in [-0.25, -0.2) is 9.18 Å². The number of halogens is 1. The summed E-state index contributed by atoms with van der Waals surface area (Å²) in [4.78, 5) is 10.6. The van der Waals surface area contributed by atoms with Crippen molar-refractivity contribution >= 4 is 5.97 Å². The van der Waals surface area contributed by atoms with E-state index in [2.05, 4.69) is 0 Å². The molecule has 2 rings (SSSR count).